The first kappa shape index (κ1) is 11.7. The fraction of sp³-hybridized carbons (Fsp3) is 0.417. The van der Waals surface area contributed by atoms with Crippen molar-refractivity contribution in [1.29, 1.82) is 0 Å². The lowest BCUT2D eigenvalue weighted by Gasteiger charge is -2.39. The quantitative estimate of drug-likeness (QED) is 0.779. The number of carbonyl (C=O) groups excluding carboxylic acids is 1. The Labute approximate surface area is 90.5 Å². The van der Waals surface area contributed by atoms with Gasteiger partial charge in [0.15, 0.2) is 0 Å². The van der Waals surface area contributed by atoms with Gasteiger partial charge in [-0.05, 0) is 12.5 Å². The first-order valence-electron chi connectivity index (χ1n) is 4.94. The van der Waals surface area contributed by atoms with Crippen LogP contribution in [0.2, 0.25) is 0 Å². The second-order valence-electron chi connectivity index (χ2n) is 4.56. The van der Waals surface area contributed by atoms with Crippen molar-refractivity contribution >= 4 is 5.91 Å². The molecule has 82 valence electrons. The van der Waals surface area contributed by atoms with Gasteiger partial charge in [0, 0.05) is 5.41 Å². The molecular weight excluding hydrogens is 188 g/mol. The maximum absolute atomic E-state index is 11.3. The lowest BCUT2D eigenvalue weighted by molar-refractivity contribution is -0.124. The molecule has 15 heavy (non-hydrogen) atoms. The average molecular weight is 206 g/mol. The van der Waals surface area contributed by atoms with Crippen LogP contribution in [-0.2, 0) is 10.2 Å². The van der Waals surface area contributed by atoms with E-state index in [9.17, 15) is 4.79 Å². The van der Waals surface area contributed by atoms with Crippen molar-refractivity contribution in [2.24, 2.45) is 11.5 Å². The molecule has 3 heteroatoms. The van der Waals surface area contributed by atoms with Crippen molar-refractivity contribution < 1.29 is 4.79 Å². The summed E-state index contributed by atoms with van der Waals surface area (Å²) in [5.41, 5.74) is 10.8. The summed E-state index contributed by atoms with van der Waals surface area (Å²) in [4.78, 5) is 11.3. The van der Waals surface area contributed by atoms with Gasteiger partial charge < -0.3 is 11.5 Å². The molecule has 0 aliphatic carbocycles. The van der Waals surface area contributed by atoms with Gasteiger partial charge >= 0.3 is 0 Å². The Morgan fingerprint density at radius 2 is 1.60 bits per heavy atom. The monoisotopic (exact) mass is 206 g/mol. The Bertz CT molecular complexity index is 355. The Morgan fingerprint density at radius 3 is 2.00 bits per heavy atom. The highest BCUT2D eigenvalue weighted by Gasteiger charge is 2.43. The van der Waals surface area contributed by atoms with E-state index in [1.807, 2.05) is 44.2 Å². The van der Waals surface area contributed by atoms with Crippen LogP contribution in [0.25, 0.3) is 0 Å². The fourth-order valence-corrected chi connectivity index (χ4v) is 1.46. The number of hydrogen-bond donors (Lipinski definition) is 2. The maximum Gasteiger partial charge on any atom is 0.238 e. The highest BCUT2D eigenvalue weighted by atomic mass is 16.1. The minimum absolute atomic E-state index is 0.486. The van der Waals surface area contributed by atoms with Crippen LogP contribution in [0.3, 0.4) is 0 Å². The molecule has 0 saturated carbocycles. The largest absolute Gasteiger partial charge is 0.368 e. The van der Waals surface area contributed by atoms with Crippen LogP contribution < -0.4 is 11.5 Å². The summed E-state index contributed by atoms with van der Waals surface area (Å²) in [5.74, 6) is -0.489. The van der Waals surface area contributed by atoms with Crippen LogP contribution in [0.4, 0.5) is 0 Å². The third kappa shape index (κ3) is 1.88. The molecule has 4 N–H and O–H groups in total. The molecule has 0 radical (unpaired) electrons. The van der Waals surface area contributed by atoms with E-state index < -0.39 is 16.9 Å². The molecule has 1 amide bonds. The highest BCUT2D eigenvalue weighted by Crippen LogP contribution is 2.32. The first-order valence-corrected chi connectivity index (χ1v) is 4.94. The summed E-state index contributed by atoms with van der Waals surface area (Å²) >= 11 is 0. The molecule has 0 spiro atoms. The topological polar surface area (TPSA) is 69.1 Å². The molecule has 0 bridgehead atoms. The van der Waals surface area contributed by atoms with Crippen molar-refractivity contribution in [2.75, 3.05) is 0 Å². The van der Waals surface area contributed by atoms with Gasteiger partial charge in [0.1, 0.15) is 5.54 Å². The summed E-state index contributed by atoms with van der Waals surface area (Å²) < 4.78 is 0. The molecule has 0 unspecified atom stereocenters. The number of nitrogens with two attached hydrogens (primary N) is 2. The van der Waals surface area contributed by atoms with Crippen LogP contribution in [0.15, 0.2) is 30.3 Å². The van der Waals surface area contributed by atoms with E-state index >= 15 is 0 Å². The predicted octanol–water partition coefficient (Wildman–Crippen LogP) is 1.17. The van der Waals surface area contributed by atoms with E-state index in [1.54, 1.807) is 6.92 Å². The summed E-state index contributed by atoms with van der Waals surface area (Å²) in [5, 5.41) is 0. The third-order valence-electron chi connectivity index (χ3n) is 3.31. The minimum Gasteiger partial charge on any atom is -0.368 e. The van der Waals surface area contributed by atoms with E-state index in [-0.39, 0.29) is 0 Å². The van der Waals surface area contributed by atoms with Crippen LogP contribution in [0.1, 0.15) is 26.3 Å². The molecule has 0 aliphatic heterocycles. The fourth-order valence-electron chi connectivity index (χ4n) is 1.46. The molecule has 0 saturated heterocycles. The van der Waals surface area contributed by atoms with E-state index in [0.717, 1.165) is 5.56 Å². The second kappa shape index (κ2) is 3.66. The molecule has 1 atom stereocenters. The third-order valence-corrected chi connectivity index (χ3v) is 3.31. The molecule has 1 aromatic carbocycles. The van der Waals surface area contributed by atoms with Crippen molar-refractivity contribution in [3.63, 3.8) is 0 Å². The van der Waals surface area contributed by atoms with Crippen LogP contribution in [0, 0.1) is 0 Å². The van der Waals surface area contributed by atoms with Gasteiger partial charge in [-0.3, -0.25) is 4.79 Å². The van der Waals surface area contributed by atoms with Gasteiger partial charge in [-0.2, -0.15) is 0 Å². The summed E-state index contributed by atoms with van der Waals surface area (Å²) in [6.07, 6.45) is 0. The Morgan fingerprint density at radius 1 is 1.13 bits per heavy atom. The highest BCUT2D eigenvalue weighted by molar-refractivity contribution is 5.86. The molecule has 0 aliphatic rings. The molecule has 1 aromatic rings. The zero-order valence-corrected chi connectivity index (χ0v) is 9.45. The van der Waals surface area contributed by atoms with Crippen molar-refractivity contribution in [3.8, 4) is 0 Å². The zero-order chi connectivity index (χ0) is 11.7. The van der Waals surface area contributed by atoms with Crippen LogP contribution in [0.5, 0.6) is 0 Å². The van der Waals surface area contributed by atoms with Gasteiger partial charge in [0.05, 0.1) is 0 Å². The standard InChI is InChI=1S/C12H18N2O/c1-11(2,12(3,14)10(13)15)9-7-5-4-6-8-9/h4-8H,14H2,1-3H3,(H2,13,15)/t12-/m1/s1. The van der Waals surface area contributed by atoms with Crippen molar-refractivity contribution in [3.05, 3.63) is 35.9 Å². The molecule has 0 aromatic heterocycles. The van der Waals surface area contributed by atoms with Crippen LogP contribution in [-0.4, -0.2) is 11.4 Å². The Balaban J connectivity index is 3.19. The Kier molecular flexibility index (Phi) is 2.86. The molecule has 0 heterocycles. The minimum atomic E-state index is -1.06. The predicted molar refractivity (Wildman–Crippen MR) is 61.3 cm³/mol. The van der Waals surface area contributed by atoms with Gasteiger partial charge in [-0.15, -0.1) is 0 Å². The van der Waals surface area contributed by atoms with Gasteiger partial charge in [0.2, 0.25) is 5.91 Å². The average Bonchev–Trinajstić information content (AvgIpc) is 2.18. The van der Waals surface area contributed by atoms with E-state index in [1.165, 1.54) is 0 Å². The number of carbonyl (C=O) groups is 1. The maximum atomic E-state index is 11.3. The molecular formula is C12H18N2O. The molecule has 3 nitrogen and oxygen atoms in total. The lowest BCUT2D eigenvalue weighted by atomic mass is 9.69. The van der Waals surface area contributed by atoms with E-state index in [0.29, 0.717) is 0 Å². The normalized spacial score (nSPS) is 15.7. The number of hydrogen-bond acceptors (Lipinski definition) is 2. The summed E-state index contributed by atoms with van der Waals surface area (Å²) in [6.45, 7) is 5.52. The Hall–Kier alpha value is -1.35. The number of primary amides is 1. The zero-order valence-electron chi connectivity index (χ0n) is 9.45. The molecule has 1 rings (SSSR count). The number of benzene rings is 1. The van der Waals surface area contributed by atoms with Gasteiger partial charge in [0.25, 0.3) is 0 Å². The second-order valence-corrected chi connectivity index (χ2v) is 4.56. The molecule has 0 fully saturated rings. The van der Waals surface area contributed by atoms with Gasteiger partial charge in [-0.25, -0.2) is 0 Å². The first-order chi connectivity index (χ1) is 6.80. The van der Waals surface area contributed by atoms with Crippen molar-refractivity contribution in [1.82, 2.24) is 0 Å². The smallest absolute Gasteiger partial charge is 0.238 e. The lowest BCUT2D eigenvalue weighted by Crippen LogP contribution is -2.61. The number of rotatable bonds is 3. The van der Waals surface area contributed by atoms with Crippen LogP contribution >= 0.6 is 0 Å². The van der Waals surface area contributed by atoms with E-state index in [2.05, 4.69) is 0 Å². The summed E-state index contributed by atoms with van der Waals surface area (Å²) in [7, 11) is 0. The van der Waals surface area contributed by atoms with Crippen molar-refractivity contribution in [2.45, 2.75) is 31.7 Å². The SMILES string of the molecule is CC(C)(c1ccccc1)[C@](C)(N)C(N)=O. The van der Waals surface area contributed by atoms with E-state index in [4.69, 9.17) is 11.5 Å². The van der Waals surface area contributed by atoms with Gasteiger partial charge in [-0.1, -0.05) is 44.2 Å². The summed E-state index contributed by atoms with van der Waals surface area (Å²) in [6, 6.07) is 9.68. The number of amides is 1.